The number of alkyl halides is 1. The van der Waals surface area contributed by atoms with Gasteiger partial charge in [-0.05, 0) is 36.0 Å². The number of hydrogen-bond donors (Lipinski definition) is 0. The van der Waals surface area contributed by atoms with Crippen molar-refractivity contribution < 1.29 is 13.6 Å². The van der Waals surface area contributed by atoms with Gasteiger partial charge in [-0.1, -0.05) is 38.0 Å². The number of amides is 1. The number of halogens is 2. The summed E-state index contributed by atoms with van der Waals surface area (Å²) in [7, 11) is 1.75. The summed E-state index contributed by atoms with van der Waals surface area (Å²) in [5, 5.41) is 4.34. The van der Waals surface area contributed by atoms with E-state index in [1.807, 2.05) is 12.1 Å². The molecule has 5 nitrogen and oxygen atoms in total. The van der Waals surface area contributed by atoms with E-state index in [2.05, 4.69) is 17.0 Å². The number of nitrogens with zero attached hydrogens (tertiary/aromatic N) is 4. The molecule has 2 aromatic heterocycles. The van der Waals surface area contributed by atoms with Gasteiger partial charge in [-0.3, -0.25) is 4.79 Å². The van der Waals surface area contributed by atoms with Crippen LogP contribution in [0, 0.1) is 11.4 Å². The van der Waals surface area contributed by atoms with Crippen molar-refractivity contribution in [3.63, 3.8) is 0 Å². The van der Waals surface area contributed by atoms with Gasteiger partial charge in [-0.2, -0.15) is 9.49 Å². The second kappa shape index (κ2) is 7.80. The van der Waals surface area contributed by atoms with Gasteiger partial charge in [0.05, 0.1) is 23.1 Å². The molecule has 32 heavy (non-hydrogen) atoms. The van der Waals surface area contributed by atoms with E-state index >= 15 is 4.39 Å². The molecule has 166 valence electrons. The molecule has 7 heteroatoms. The molecule has 0 atom stereocenters. The second-order valence-electron chi connectivity index (χ2n) is 9.39. The molecule has 1 aromatic carbocycles. The molecular formula is C25H26F2N4O. The number of carbonyl (C=O) groups is 1. The van der Waals surface area contributed by atoms with Crippen molar-refractivity contribution in [3.05, 3.63) is 59.3 Å². The molecule has 1 amide bonds. The number of pyridine rings is 1. The van der Waals surface area contributed by atoms with Crippen molar-refractivity contribution in [1.29, 1.82) is 0 Å². The zero-order chi connectivity index (χ0) is 22.5. The number of hydrogen-bond acceptors (Lipinski definition) is 3. The summed E-state index contributed by atoms with van der Waals surface area (Å²) in [6, 6.07) is 8.79. The van der Waals surface area contributed by atoms with Gasteiger partial charge in [-0.25, -0.2) is 14.1 Å². The molecule has 5 rings (SSSR count). The van der Waals surface area contributed by atoms with Gasteiger partial charge in [-0.15, -0.1) is 0 Å². The van der Waals surface area contributed by atoms with Crippen LogP contribution in [0.25, 0.3) is 22.4 Å². The maximum absolute atomic E-state index is 15.5. The first-order valence-electron chi connectivity index (χ1n) is 11.0. The Morgan fingerprint density at radius 2 is 1.88 bits per heavy atom. The maximum atomic E-state index is 15.5. The standard InChI is InChI=1S/C25H26F2N4O/c1-25(9-3-4-10-25)15-31-23(27)21(13-28-31)19-8-7-18(12-26)29-22(19)16-5-6-17-14-30(2)24(32)20(17)11-16/h5-8,11,13H,3-4,9-10,12,14-15H2,1-2H3. The lowest BCUT2D eigenvalue weighted by Crippen LogP contribution is -2.21. The van der Waals surface area contributed by atoms with Crippen molar-refractivity contribution in [1.82, 2.24) is 19.7 Å². The Kier molecular flexibility index (Phi) is 5.07. The SMILES string of the molecule is CN1Cc2ccc(-c3nc(CF)ccc3-c3cnn(CC4(C)CCCC4)c3F)cc2C1=O. The molecule has 3 heterocycles. The number of rotatable bonds is 5. The van der Waals surface area contributed by atoms with E-state index in [0.29, 0.717) is 41.0 Å². The van der Waals surface area contributed by atoms with E-state index < -0.39 is 12.6 Å². The molecule has 1 fully saturated rings. The molecule has 1 aliphatic carbocycles. The van der Waals surface area contributed by atoms with Gasteiger partial charge >= 0.3 is 0 Å². The minimum atomic E-state index is -0.722. The fourth-order valence-electron chi connectivity index (χ4n) is 5.01. The summed E-state index contributed by atoms with van der Waals surface area (Å²) >= 11 is 0. The zero-order valence-corrected chi connectivity index (χ0v) is 18.4. The Hall–Kier alpha value is -3.09. The monoisotopic (exact) mass is 436 g/mol. The highest BCUT2D eigenvalue weighted by atomic mass is 19.1. The van der Waals surface area contributed by atoms with Gasteiger partial charge < -0.3 is 4.90 Å². The van der Waals surface area contributed by atoms with Gasteiger partial charge in [0, 0.05) is 36.8 Å². The minimum absolute atomic E-state index is 0.0513. The Bertz CT molecular complexity index is 1200. The molecule has 0 spiro atoms. The van der Waals surface area contributed by atoms with E-state index in [-0.39, 0.29) is 17.0 Å². The summed E-state index contributed by atoms with van der Waals surface area (Å²) < 4.78 is 30.4. The van der Waals surface area contributed by atoms with E-state index in [0.717, 1.165) is 31.2 Å². The van der Waals surface area contributed by atoms with E-state index in [1.165, 1.54) is 10.9 Å². The Morgan fingerprint density at radius 1 is 1.09 bits per heavy atom. The number of fused-ring (bicyclic) bond motifs is 1. The third-order valence-corrected chi connectivity index (χ3v) is 6.87. The highest BCUT2D eigenvalue weighted by molar-refractivity contribution is 5.99. The van der Waals surface area contributed by atoms with Crippen LogP contribution < -0.4 is 0 Å². The zero-order valence-electron chi connectivity index (χ0n) is 18.4. The average molecular weight is 437 g/mol. The van der Waals surface area contributed by atoms with E-state index in [4.69, 9.17) is 0 Å². The third kappa shape index (κ3) is 3.49. The number of aromatic nitrogens is 3. The lowest BCUT2D eigenvalue weighted by atomic mass is 9.89. The van der Waals surface area contributed by atoms with Crippen LogP contribution in [-0.2, 0) is 19.8 Å². The first kappa shape index (κ1) is 20.8. The fraction of sp³-hybridized carbons (Fsp3) is 0.400. The van der Waals surface area contributed by atoms with E-state index in [9.17, 15) is 9.18 Å². The first-order chi connectivity index (χ1) is 15.4. The Labute approximate surface area is 186 Å². The lowest BCUT2D eigenvalue weighted by Gasteiger charge is -2.23. The predicted molar refractivity (Wildman–Crippen MR) is 118 cm³/mol. The molecule has 0 radical (unpaired) electrons. The summed E-state index contributed by atoms with van der Waals surface area (Å²) in [4.78, 5) is 18.6. The van der Waals surface area contributed by atoms with Crippen LogP contribution in [0.3, 0.4) is 0 Å². The normalized spacial score (nSPS) is 17.2. The highest BCUT2D eigenvalue weighted by Gasteiger charge is 2.31. The smallest absolute Gasteiger partial charge is 0.254 e. The Morgan fingerprint density at radius 3 is 2.62 bits per heavy atom. The topological polar surface area (TPSA) is 51.0 Å². The highest BCUT2D eigenvalue weighted by Crippen LogP contribution is 2.40. The summed E-state index contributed by atoms with van der Waals surface area (Å²) in [6.07, 6.45) is 5.98. The van der Waals surface area contributed by atoms with Crippen molar-refractivity contribution >= 4 is 5.91 Å². The minimum Gasteiger partial charge on any atom is -0.337 e. The van der Waals surface area contributed by atoms with Gasteiger partial charge in [0.25, 0.3) is 5.91 Å². The largest absolute Gasteiger partial charge is 0.337 e. The number of benzene rings is 1. The second-order valence-corrected chi connectivity index (χ2v) is 9.39. The molecule has 0 saturated heterocycles. The van der Waals surface area contributed by atoms with Crippen molar-refractivity contribution in [2.75, 3.05) is 7.05 Å². The van der Waals surface area contributed by atoms with Crippen LogP contribution in [0.4, 0.5) is 8.78 Å². The van der Waals surface area contributed by atoms with Crippen LogP contribution >= 0.6 is 0 Å². The van der Waals surface area contributed by atoms with Crippen molar-refractivity contribution in [2.24, 2.45) is 5.41 Å². The van der Waals surface area contributed by atoms with E-state index in [1.54, 1.807) is 30.1 Å². The van der Waals surface area contributed by atoms with Crippen LogP contribution in [0.1, 0.15) is 54.2 Å². The molecule has 1 saturated carbocycles. The first-order valence-corrected chi connectivity index (χ1v) is 11.0. The van der Waals surface area contributed by atoms with Crippen LogP contribution in [-0.4, -0.2) is 32.6 Å². The predicted octanol–water partition coefficient (Wildman–Crippen LogP) is 5.39. The van der Waals surface area contributed by atoms with Gasteiger partial charge in [0.2, 0.25) is 5.95 Å². The maximum Gasteiger partial charge on any atom is 0.254 e. The van der Waals surface area contributed by atoms with Crippen LogP contribution in [0.2, 0.25) is 0 Å². The molecule has 0 N–H and O–H groups in total. The van der Waals surface area contributed by atoms with Crippen molar-refractivity contribution in [3.8, 4) is 22.4 Å². The molecule has 0 unspecified atom stereocenters. The summed E-state index contributed by atoms with van der Waals surface area (Å²) in [5.41, 5.74) is 3.85. The molecule has 3 aromatic rings. The summed E-state index contributed by atoms with van der Waals surface area (Å²) in [5.74, 6) is -0.472. The van der Waals surface area contributed by atoms with Crippen LogP contribution in [0.15, 0.2) is 36.5 Å². The van der Waals surface area contributed by atoms with Crippen LogP contribution in [0.5, 0.6) is 0 Å². The molecular weight excluding hydrogens is 410 g/mol. The van der Waals surface area contributed by atoms with Gasteiger partial charge in [0.1, 0.15) is 6.67 Å². The molecule has 1 aliphatic heterocycles. The summed E-state index contributed by atoms with van der Waals surface area (Å²) in [6.45, 7) is 2.55. The van der Waals surface area contributed by atoms with Crippen molar-refractivity contribution in [2.45, 2.75) is 52.4 Å². The quantitative estimate of drug-likeness (QED) is 0.539. The number of carbonyl (C=O) groups excluding carboxylic acids is 1. The third-order valence-electron chi connectivity index (χ3n) is 6.87. The average Bonchev–Trinajstić information content (AvgIpc) is 3.46. The Balaban J connectivity index is 1.58. The lowest BCUT2D eigenvalue weighted by molar-refractivity contribution is 0.0816. The molecule has 2 aliphatic rings. The fourth-order valence-corrected chi connectivity index (χ4v) is 5.01. The molecule has 0 bridgehead atoms. The van der Waals surface area contributed by atoms with Gasteiger partial charge in [0.15, 0.2) is 0 Å².